The molecule has 4 heteroatoms. The minimum atomic E-state index is -0.0849. The molecular formula is C9H14N2O2. The lowest BCUT2D eigenvalue weighted by molar-refractivity contribution is -0.146. The van der Waals surface area contributed by atoms with Crippen LogP contribution in [0.2, 0.25) is 0 Å². The quantitative estimate of drug-likeness (QED) is 0.726. The van der Waals surface area contributed by atoms with Gasteiger partial charge in [-0.05, 0) is 13.0 Å². The second kappa shape index (κ2) is 3.12. The molecule has 0 aromatic carbocycles. The topological polar surface area (TPSA) is 47.3 Å². The number of aliphatic hydroxyl groups is 1. The minimum absolute atomic E-state index is 0.0849. The summed E-state index contributed by atoms with van der Waals surface area (Å²) >= 11 is 0. The minimum Gasteiger partial charge on any atom is -0.396 e. The van der Waals surface area contributed by atoms with Crippen LogP contribution in [0.4, 0.5) is 0 Å². The molecule has 0 radical (unpaired) electrons. The smallest absolute Gasteiger partial charge is 0.0597 e. The summed E-state index contributed by atoms with van der Waals surface area (Å²) in [5.41, 5.74) is 0.923. The Bertz CT molecular complexity index is 286. The average molecular weight is 182 g/mol. The molecule has 0 atom stereocenters. The first kappa shape index (κ1) is 8.72. The van der Waals surface area contributed by atoms with E-state index >= 15 is 0 Å². The molecular weight excluding hydrogens is 168 g/mol. The van der Waals surface area contributed by atoms with E-state index in [0.717, 1.165) is 12.2 Å². The summed E-state index contributed by atoms with van der Waals surface area (Å²) < 4.78 is 6.98. The first-order valence-corrected chi connectivity index (χ1v) is 4.43. The van der Waals surface area contributed by atoms with Gasteiger partial charge in [0.15, 0.2) is 0 Å². The van der Waals surface area contributed by atoms with Gasteiger partial charge in [0.05, 0.1) is 37.5 Å². The lowest BCUT2D eigenvalue weighted by Crippen LogP contribution is -2.48. The van der Waals surface area contributed by atoms with Gasteiger partial charge in [0.2, 0.25) is 0 Å². The van der Waals surface area contributed by atoms with Gasteiger partial charge in [-0.2, -0.15) is 5.10 Å². The fraction of sp³-hybridized carbons (Fsp3) is 0.667. The van der Waals surface area contributed by atoms with Crippen molar-refractivity contribution in [3.05, 3.63) is 18.0 Å². The van der Waals surface area contributed by atoms with E-state index in [1.165, 1.54) is 0 Å². The second-order valence-corrected chi connectivity index (χ2v) is 3.81. The van der Waals surface area contributed by atoms with Crippen molar-refractivity contribution >= 4 is 0 Å². The standard InChI is InChI=1S/C9H14N2O2/c1-8-2-3-11(10-8)4-9(5-12)6-13-7-9/h2-3,12H,4-7H2,1H3. The zero-order valence-corrected chi connectivity index (χ0v) is 7.73. The summed E-state index contributed by atoms with van der Waals surface area (Å²) in [6.07, 6.45) is 1.94. The van der Waals surface area contributed by atoms with Crippen LogP contribution in [0.1, 0.15) is 5.69 Å². The third-order valence-electron chi connectivity index (χ3n) is 2.42. The summed E-state index contributed by atoms with van der Waals surface area (Å²) in [5.74, 6) is 0. The fourth-order valence-electron chi connectivity index (χ4n) is 1.52. The average Bonchev–Trinajstić information content (AvgIpc) is 2.44. The van der Waals surface area contributed by atoms with Crippen LogP contribution in [-0.2, 0) is 11.3 Å². The summed E-state index contributed by atoms with van der Waals surface area (Å²) in [4.78, 5) is 0. The van der Waals surface area contributed by atoms with E-state index in [1.54, 1.807) is 0 Å². The molecule has 0 aliphatic carbocycles. The lowest BCUT2D eigenvalue weighted by atomic mass is 9.87. The van der Waals surface area contributed by atoms with Gasteiger partial charge in [-0.3, -0.25) is 4.68 Å². The molecule has 0 spiro atoms. The Hall–Kier alpha value is -0.870. The van der Waals surface area contributed by atoms with E-state index in [1.807, 2.05) is 23.9 Å². The highest BCUT2D eigenvalue weighted by Crippen LogP contribution is 2.28. The zero-order valence-electron chi connectivity index (χ0n) is 7.73. The molecule has 1 N–H and O–H groups in total. The number of hydrogen-bond acceptors (Lipinski definition) is 3. The van der Waals surface area contributed by atoms with Gasteiger partial charge in [-0.25, -0.2) is 0 Å². The number of aryl methyl sites for hydroxylation is 1. The maximum Gasteiger partial charge on any atom is 0.0597 e. The van der Waals surface area contributed by atoms with Crippen molar-refractivity contribution in [3.8, 4) is 0 Å². The van der Waals surface area contributed by atoms with E-state index in [0.29, 0.717) is 13.2 Å². The molecule has 1 aromatic heterocycles. The number of hydrogen-bond donors (Lipinski definition) is 1. The van der Waals surface area contributed by atoms with Gasteiger partial charge in [0.25, 0.3) is 0 Å². The number of aromatic nitrogens is 2. The van der Waals surface area contributed by atoms with E-state index < -0.39 is 0 Å². The van der Waals surface area contributed by atoms with Crippen molar-refractivity contribution < 1.29 is 9.84 Å². The molecule has 2 heterocycles. The number of ether oxygens (including phenoxy) is 1. The van der Waals surface area contributed by atoms with Crippen molar-refractivity contribution in [1.82, 2.24) is 9.78 Å². The van der Waals surface area contributed by atoms with E-state index in [2.05, 4.69) is 5.10 Å². The van der Waals surface area contributed by atoms with Crippen LogP contribution in [0.25, 0.3) is 0 Å². The largest absolute Gasteiger partial charge is 0.396 e. The SMILES string of the molecule is Cc1ccn(CC2(CO)COC2)n1. The van der Waals surface area contributed by atoms with E-state index in [-0.39, 0.29) is 12.0 Å². The highest BCUT2D eigenvalue weighted by Gasteiger charge is 2.38. The van der Waals surface area contributed by atoms with E-state index in [9.17, 15) is 5.11 Å². The zero-order chi connectivity index (χ0) is 9.31. The van der Waals surface area contributed by atoms with Gasteiger partial charge >= 0.3 is 0 Å². The van der Waals surface area contributed by atoms with Crippen LogP contribution in [0.15, 0.2) is 12.3 Å². The maximum absolute atomic E-state index is 9.18. The molecule has 13 heavy (non-hydrogen) atoms. The Morgan fingerprint density at radius 3 is 2.85 bits per heavy atom. The maximum atomic E-state index is 9.18. The van der Waals surface area contributed by atoms with Crippen molar-refractivity contribution in [3.63, 3.8) is 0 Å². The molecule has 1 saturated heterocycles. The number of nitrogens with zero attached hydrogens (tertiary/aromatic N) is 2. The van der Waals surface area contributed by atoms with Crippen LogP contribution in [-0.4, -0.2) is 34.7 Å². The highest BCUT2D eigenvalue weighted by atomic mass is 16.5. The number of rotatable bonds is 3. The molecule has 0 bridgehead atoms. The molecule has 72 valence electrons. The first-order chi connectivity index (χ1) is 6.24. The highest BCUT2D eigenvalue weighted by molar-refractivity contribution is 4.96. The fourth-order valence-corrected chi connectivity index (χ4v) is 1.52. The Labute approximate surface area is 77.1 Å². The molecule has 2 rings (SSSR count). The monoisotopic (exact) mass is 182 g/mol. The van der Waals surface area contributed by atoms with Crippen LogP contribution >= 0.6 is 0 Å². The molecule has 1 aliphatic heterocycles. The Balaban J connectivity index is 2.04. The van der Waals surface area contributed by atoms with Gasteiger partial charge < -0.3 is 9.84 Å². The Morgan fingerprint density at radius 2 is 2.46 bits per heavy atom. The second-order valence-electron chi connectivity index (χ2n) is 3.81. The first-order valence-electron chi connectivity index (χ1n) is 4.43. The molecule has 0 amide bonds. The summed E-state index contributed by atoms with van der Waals surface area (Å²) in [7, 11) is 0. The van der Waals surface area contributed by atoms with Crippen LogP contribution < -0.4 is 0 Å². The summed E-state index contributed by atoms with van der Waals surface area (Å²) in [5, 5.41) is 13.5. The molecule has 1 fully saturated rings. The van der Waals surface area contributed by atoms with Crippen molar-refractivity contribution in [2.24, 2.45) is 5.41 Å². The molecule has 0 unspecified atom stereocenters. The Morgan fingerprint density at radius 1 is 1.69 bits per heavy atom. The predicted molar refractivity (Wildman–Crippen MR) is 47.3 cm³/mol. The third-order valence-corrected chi connectivity index (χ3v) is 2.42. The Kier molecular flexibility index (Phi) is 2.09. The normalized spacial score (nSPS) is 19.8. The number of aliphatic hydroxyl groups excluding tert-OH is 1. The van der Waals surface area contributed by atoms with Gasteiger partial charge in [0.1, 0.15) is 0 Å². The van der Waals surface area contributed by atoms with Gasteiger partial charge in [0, 0.05) is 6.20 Å². The van der Waals surface area contributed by atoms with Crippen molar-refractivity contribution in [2.75, 3.05) is 19.8 Å². The van der Waals surface area contributed by atoms with Gasteiger partial charge in [-0.15, -0.1) is 0 Å². The van der Waals surface area contributed by atoms with Crippen molar-refractivity contribution in [2.45, 2.75) is 13.5 Å². The molecule has 1 aliphatic rings. The van der Waals surface area contributed by atoms with E-state index in [4.69, 9.17) is 4.74 Å². The predicted octanol–water partition coefficient (Wildman–Crippen LogP) is 0.200. The van der Waals surface area contributed by atoms with Crippen LogP contribution in [0.3, 0.4) is 0 Å². The lowest BCUT2D eigenvalue weighted by Gasteiger charge is -2.39. The summed E-state index contributed by atoms with van der Waals surface area (Å²) in [6, 6.07) is 1.96. The van der Waals surface area contributed by atoms with Crippen LogP contribution in [0.5, 0.6) is 0 Å². The third kappa shape index (κ3) is 1.59. The van der Waals surface area contributed by atoms with Crippen molar-refractivity contribution in [1.29, 1.82) is 0 Å². The van der Waals surface area contributed by atoms with Gasteiger partial charge in [-0.1, -0.05) is 0 Å². The molecule has 0 saturated carbocycles. The summed E-state index contributed by atoms with van der Waals surface area (Å²) in [6.45, 7) is 4.16. The molecule has 1 aromatic rings. The van der Waals surface area contributed by atoms with Crippen LogP contribution in [0, 0.1) is 12.3 Å². The molecule has 4 nitrogen and oxygen atoms in total.